The first-order valence-corrected chi connectivity index (χ1v) is 11.9. The van der Waals surface area contributed by atoms with E-state index >= 15 is 0 Å². The Labute approximate surface area is 105 Å². The van der Waals surface area contributed by atoms with Crippen LogP contribution in [-0.2, 0) is 14.7 Å². The van der Waals surface area contributed by atoms with Crippen LogP contribution in [0.2, 0.25) is 25.7 Å². The highest BCUT2D eigenvalue weighted by Gasteiger charge is 2.24. The second-order valence-electron chi connectivity index (χ2n) is 4.56. The maximum absolute atomic E-state index is 6.10. The standard InChI is InChI=1S/C11H22O2Si3/c1-15(13-16(2,3)12-14)10-9-11-7-5-4-6-8-11/h4-8,15H,9-10H2,1-3,14H3. The number of hydrogen-bond acceptors (Lipinski definition) is 2. The van der Waals surface area contributed by atoms with E-state index in [1.165, 1.54) is 11.6 Å². The molecule has 0 heterocycles. The summed E-state index contributed by atoms with van der Waals surface area (Å²) < 4.78 is 11.6. The van der Waals surface area contributed by atoms with Gasteiger partial charge in [-0.05, 0) is 37.7 Å². The van der Waals surface area contributed by atoms with Crippen LogP contribution in [-0.4, -0.2) is 28.1 Å². The average molecular weight is 271 g/mol. The molecule has 0 aromatic heterocycles. The molecule has 90 valence electrons. The van der Waals surface area contributed by atoms with Gasteiger partial charge in [0.25, 0.3) is 0 Å². The van der Waals surface area contributed by atoms with Crippen molar-refractivity contribution >= 4 is 28.1 Å². The third kappa shape index (κ3) is 5.22. The molecular formula is C11H22O2Si3. The molecule has 0 radical (unpaired) electrons. The molecular weight excluding hydrogens is 248 g/mol. The molecule has 5 heteroatoms. The van der Waals surface area contributed by atoms with Crippen LogP contribution < -0.4 is 0 Å². The van der Waals surface area contributed by atoms with Crippen molar-refractivity contribution in [3.63, 3.8) is 0 Å². The van der Waals surface area contributed by atoms with Crippen LogP contribution in [0.15, 0.2) is 30.3 Å². The monoisotopic (exact) mass is 270 g/mol. The second-order valence-corrected chi connectivity index (χ2v) is 12.1. The fourth-order valence-corrected chi connectivity index (χ4v) is 7.94. The van der Waals surface area contributed by atoms with Crippen molar-refractivity contribution in [2.75, 3.05) is 0 Å². The van der Waals surface area contributed by atoms with E-state index in [4.69, 9.17) is 8.23 Å². The zero-order chi connectivity index (χ0) is 12.0. The number of rotatable bonds is 6. The minimum Gasteiger partial charge on any atom is -0.445 e. The fourth-order valence-electron chi connectivity index (χ4n) is 1.61. The summed E-state index contributed by atoms with van der Waals surface area (Å²) in [6, 6.07) is 11.8. The predicted molar refractivity (Wildman–Crippen MR) is 77.6 cm³/mol. The first-order valence-electron chi connectivity index (χ1n) is 5.80. The molecule has 0 saturated carbocycles. The average Bonchev–Trinajstić information content (AvgIpc) is 2.27. The highest BCUT2D eigenvalue weighted by Crippen LogP contribution is 2.11. The van der Waals surface area contributed by atoms with Gasteiger partial charge in [-0.3, -0.25) is 0 Å². The van der Waals surface area contributed by atoms with Crippen LogP contribution in [0.4, 0.5) is 0 Å². The lowest BCUT2D eigenvalue weighted by Crippen LogP contribution is -2.39. The van der Waals surface area contributed by atoms with E-state index < -0.39 is 17.6 Å². The third-order valence-electron chi connectivity index (χ3n) is 2.66. The van der Waals surface area contributed by atoms with E-state index in [0.717, 1.165) is 16.9 Å². The maximum Gasteiger partial charge on any atom is 0.310 e. The van der Waals surface area contributed by atoms with Gasteiger partial charge in [0.1, 0.15) is 10.5 Å². The fraction of sp³-hybridized carbons (Fsp3) is 0.455. The van der Waals surface area contributed by atoms with Crippen molar-refractivity contribution in [1.82, 2.24) is 0 Å². The van der Waals surface area contributed by atoms with Gasteiger partial charge in [-0.15, -0.1) is 0 Å². The van der Waals surface area contributed by atoms with Gasteiger partial charge >= 0.3 is 8.56 Å². The summed E-state index contributed by atoms with van der Waals surface area (Å²) in [5.41, 5.74) is 1.41. The van der Waals surface area contributed by atoms with Gasteiger partial charge < -0.3 is 8.23 Å². The van der Waals surface area contributed by atoms with E-state index in [1.54, 1.807) is 0 Å². The van der Waals surface area contributed by atoms with Crippen molar-refractivity contribution in [3.8, 4) is 0 Å². The Kier molecular flexibility index (Phi) is 5.63. The molecule has 0 N–H and O–H groups in total. The van der Waals surface area contributed by atoms with Crippen molar-refractivity contribution in [3.05, 3.63) is 35.9 Å². The lowest BCUT2D eigenvalue weighted by Gasteiger charge is -2.25. The normalized spacial score (nSPS) is 13.9. The number of benzene rings is 1. The third-order valence-corrected chi connectivity index (χ3v) is 11.6. The Bertz CT molecular complexity index is 303. The molecule has 0 aliphatic heterocycles. The summed E-state index contributed by atoms with van der Waals surface area (Å²) in [6.07, 6.45) is 1.14. The summed E-state index contributed by atoms with van der Waals surface area (Å²) in [7, 11) is -2.02. The van der Waals surface area contributed by atoms with Crippen LogP contribution >= 0.6 is 0 Å². The molecule has 1 rings (SSSR count). The summed E-state index contributed by atoms with van der Waals surface area (Å²) in [6.45, 7) is 6.57. The largest absolute Gasteiger partial charge is 0.445 e. The van der Waals surface area contributed by atoms with Crippen molar-refractivity contribution < 1.29 is 8.23 Å². The van der Waals surface area contributed by atoms with Gasteiger partial charge in [-0.1, -0.05) is 30.3 Å². The molecule has 16 heavy (non-hydrogen) atoms. The lowest BCUT2D eigenvalue weighted by atomic mass is 10.2. The molecule has 2 nitrogen and oxygen atoms in total. The van der Waals surface area contributed by atoms with E-state index in [1.807, 2.05) is 0 Å². The van der Waals surface area contributed by atoms with Crippen LogP contribution in [0.25, 0.3) is 0 Å². The highest BCUT2D eigenvalue weighted by molar-refractivity contribution is 6.75. The molecule has 0 spiro atoms. The Morgan fingerprint density at radius 3 is 2.44 bits per heavy atom. The smallest absolute Gasteiger partial charge is 0.310 e. The van der Waals surface area contributed by atoms with Crippen molar-refractivity contribution in [2.45, 2.75) is 32.1 Å². The minimum absolute atomic E-state index is 0.792. The van der Waals surface area contributed by atoms with Gasteiger partial charge in [0.05, 0.1) is 0 Å². The van der Waals surface area contributed by atoms with Crippen LogP contribution in [0.1, 0.15) is 5.56 Å². The van der Waals surface area contributed by atoms with Gasteiger partial charge in [0.2, 0.25) is 0 Å². The van der Waals surface area contributed by atoms with Gasteiger partial charge in [-0.25, -0.2) is 0 Å². The second kappa shape index (κ2) is 6.51. The van der Waals surface area contributed by atoms with Gasteiger partial charge in [0, 0.05) is 0 Å². The van der Waals surface area contributed by atoms with Crippen LogP contribution in [0, 0.1) is 0 Å². The van der Waals surface area contributed by atoms with Gasteiger partial charge in [0.15, 0.2) is 9.04 Å². The first-order chi connectivity index (χ1) is 7.53. The Hall–Kier alpha value is -0.209. The zero-order valence-corrected chi connectivity index (χ0v) is 14.8. The molecule has 0 amide bonds. The molecule has 0 fully saturated rings. The lowest BCUT2D eigenvalue weighted by molar-refractivity contribution is 0.425. The predicted octanol–water partition coefficient (Wildman–Crippen LogP) is 1.60. The molecule has 1 aromatic carbocycles. The molecule has 1 atom stereocenters. The summed E-state index contributed by atoms with van der Waals surface area (Å²) >= 11 is 0. The van der Waals surface area contributed by atoms with E-state index in [-0.39, 0.29) is 0 Å². The molecule has 1 unspecified atom stereocenters. The summed E-state index contributed by atoms with van der Waals surface area (Å²) in [5.74, 6) is 0. The molecule has 0 aliphatic rings. The van der Waals surface area contributed by atoms with E-state index in [0.29, 0.717) is 0 Å². The van der Waals surface area contributed by atoms with Crippen LogP contribution in [0.3, 0.4) is 0 Å². The topological polar surface area (TPSA) is 18.5 Å². The quantitative estimate of drug-likeness (QED) is 0.731. The Morgan fingerprint density at radius 1 is 1.25 bits per heavy atom. The number of hydrogen-bond donors (Lipinski definition) is 0. The Morgan fingerprint density at radius 2 is 1.88 bits per heavy atom. The molecule has 0 aliphatic carbocycles. The number of aryl methyl sites for hydroxylation is 1. The molecule has 0 bridgehead atoms. The SMILES string of the molecule is C[SiH](CCc1ccccc1)O[Si](C)(C)O[SiH3]. The summed E-state index contributed by atoms with van der Waals surface area (Å²) in [4.78, 5) is 0. The first kappa shape index (κ1) is 13.9. The van der Waals surface area contributed by atoms with E-state index in [2.05, 4.69) is 50.0 Å². The minimum atomic E-state index is -1.76. The van der Waals surface area contributed by atoms with Gasteiger partial charge in [-0.2, -0.15) is 0 Å². The van der Waals surface area contributed by atoms with Crippen molar-refractivity contribution in [2.24, 2.45) is 0 Å². The Balaban J connectivity index is 2.33. The zero-order valence-electron chi connectivity index (χ0n) is 10.7. The summed E-state index contributed by atoms with van der Waals surface area (Å²) in [5, 5.41) is 0. The molecule has 0 saturated heterocycles. The highest BCUT2D eigenvalue weighted by atomic mass is 28.4. The van der Waals surface area contributed by atoms with Crippen molar-refractivity contribution in [1.29, 1.82) is 0 Å². The maximum atomic E-state index is 6.10. The molecule has 1 aromatic rings. The van der Waals surface area contributed by atoms with E-state index in [9.17, 15) is 0 Å². The van der Waals surface area contributed by atoms with Crippen LogP contribution in [0.5, 0.6) is 0 Å².